The molecular weight excluding hydrogens is 447 g/mol. The predicted molar refractivity (Wildman–Crippen MR) is 93.6 cm³/mol. The van der Waals surface area contributed by atoms with Crippen molar-refractivity contribution in [1.29, 1.82) is 0 Å². The number of rotatable bonds is 3. The Morgan fingerprint density at radius 1 is 1.10 bits per heavy atom. The van der Waals surface area contributed by atoms with Gasteiger partial charge in [-0.05, 0) is 65.1 Å². The van der Waals surface area contributed by atoms with Crippen LogP contribution < -0.4 is 10.2 Å². The van der Waals surface area contributed by atoms with Gasteiger partial charge in [-0.2, -0.15) is 0 Å². The lowest BCUT2D eigenvalue weighted by Gasteiger charge is -2.18. The summed E-state index contributed by atoms with van der Waals surface area (Å²) in [6.45, 7) is 0.264. The highest BCUT2D eigenvalue weighted by Gasteiger charge is 2.35. The van der Waals surface area contributed by atoms with Gasteiger partial charge in [-0.3, -0.25) is 14.5 Å². The SMILES string of the molecule is O=C1C(=O)N(CNc2ccc(I)cc2)c2ccc(Br)cc21. The smallest absolute Gasteiger partial charge is 0.300 e. The van der Waals surface area contributed by atoms with Gasteiger partial charge >= 0.3 is 5.91 Å². The molecule has 0 atom stereocenters. The van der Waals surface area contributed by atoms with E-state index in [1.807, 2.05) is 30.3 Å². The van der Waals surface area contributed by atoms with E-state index < -0.39 is 11.7 Å². The van der Waals surface area contributed by atoms with Gasteiger partial charge in [0.2, 0.25) is 0 Å². The number of halogens is 2. The summed E-state index contributed by atoms with van der Waals surface area (Å²) in [5.74, 6) is -0.961. The number of hydrogen-bond donors (Lipinski definition) is 1. The highest BCUT2D eigenvalue weighted by atomic mass is 127. The van der Waals surface area contributed by atoms with Crippen LogP contribution in [0.1, 0.15) is 10.4 Å². The summed E-state index contributed by atoms with van der Waals surface area (Å²) in [7, 11) is 0. The standard InChI is InChI=1S/C15H10BrIN2O2/c16-9-1-6-13-12(7-9)14(20)15(21)19(13)8-18-11-4-2-10(17)3-5-11/h1-7,18H,8H2. The summed E-state index contributed by atoms with van der Waals surface area (Å²) in [4.78, 5) is 25.5. The Kier molecular flexibility index (Phi) is 3.99. The van der Waals surface area contributed by atoms with Crippen molar-refractivity contribution < 1.29 is 9.59 Å². The summed E-state index contributed by atoms with van der Waals surface area (Å²) >= 11 is 5.55. The maximum atomic E-state index is 12.1. The number of hydrogen-bond acceptors (Lipinski definition) is 3. The summed E-state index contributed by atoms with van der Waals surface area (Å²) < 4.78 is 1.93. The fourth-order valence-corrected chi connectivity index (χ4v) is 2.89. The average Bonchev–Trinajstić information content (AvgIpc) is 2.71. The number of fused-ring (bicyclic) bond motifs is 1. The molecule has 3 rings (SSSR count). The van der Waals surface area contributed by atoms with Crippen LogP contribution in [0.4, 0.5) is 11.4 Å². The molecule has 0 radical (unpaired) electrons. The van der Waals surface area contributed by atoms with Crippen molar-refractivity contribution in [1.82, 2.24) is 0 Å². The number of Topliss-reactive ketones (excluding diaryl/α,β-unsaturated/α-hetero) is 1. The molecule has 0 saturated carbocycles. The van der Waals surface area contributed by atoms with E-state index >= 15 is 0 Å². The molecule has 21 heavy (non-hydrogen) atoms. The highest BCUT2D eigenvalue weighted by Crippen LogP contribution is 2.31. The van der Waals surface area contributed by atoms with Crippen LogP contribution in [0, 0.1) is 3.57 Å². The Morgan fingerprint density at radius 2 is 1.81 bits per heavy atom. The Balaban J connectivity index is 1.82. The average molecular weight is 457 g/mol. The first kappa shape index (κ1) is 14.5. The lowest BCUT2D eigenvalue weighted by atomic mass is 10.1. The maximum Gasteiger partial charge on any atom is 0.300 e. The predicted octanol–water partition coefficient (Wildman–Crippen LogP) is 3.65. The van der Waals surface area contributed by atoms with Gasteiger partial charge in [-0.25, -0.2) is 0 Å². The molecule has 1 heterocycles. The molecule has 4 nitrogen and oxygen atoms in total. The van der Waals surface area contributed by atoms with Gasteiger partial charge in [-0.1, -0.05) is 15.9 Å². The third-order valence-electron chi connectivity index (χ3n) is 3.22. The minimum Gasteiger partial charge on any atom is -0.367 e. The molecule has 0 bridgehead atoms. The number of nitrogens with one attached hydrogen (secondary N) is 1. The molecule has 0 fully saturated rings. The van der Waals surface area contributed by atoms with Gasteiger partial charge in [0.25, 0.3) is 5.78 Å². The molecule has 0 spiro atoms. The zero-order valence-corrected chi connectivity index (χ0v) is 14.5. The minimum atomic E-state index is -0.499. The molecule has 0 aromatic heterocycles. The van der Waals surface area contributed by atoms with Gasteiger partial charge < -0.3 is 5.32 Å². The molecule has 0 saturated heterocycles. The molecule has 1 amide bonds. The van der Waals surface area contributed by atoms with E-state index in [2.05, 4.69) is 43.8 Å². The number of benzene rings is 2. The van der Waals surface area contributed by atoms with E-state index in [-0.39, 0.29) is 6.67 Å². The minimum absolute atomic E-state index is 0.264. The van der Waals surface area contributed by atoms with Crippen molar-refractivity contribution in [2.24, 2.45) is 0 Å². The summed E-state index contributed by atoms with van der Waals surface area (Å²) in [6, 6.07) is 13.1. The number of carbonyl (C=O) groups is 2. The molecule has 0 unspecified atom stereocenters. The van der Waals surface area contributed by atoms with Gasteiger partial charge in [0.05, 0.1) is 17.9 Å². The molecule has 2 aromatic rings. The van der Waals surface area contributed by atoms with E-state index in [1.165, 1.54) is 4.90 Å². The van der Waals surface area contributed by atoms with Crippen molar-refractivity contribution in [3.8, 4) is 0 Å². The monoisotopic (exact) mass is 456 g/mol. The van der Waals surface area contributed by atoms with Crippen LogP contribution in [0.2, 0.25) is 0 Å². The van der Waals surface area contributed by atoms with Crippen LogP contribution in [0.15, 0.2) is 46.9 Å². The topological polar surface area (TPSA) is 49.4 Å². The zero-order valence-electron chi connectivity index (χ0n) is 10.8. The Labute approximate surface area is 143 Å². The Hall–Kier alpha value is -1.41. The first-order valence-corrected chi connectivity index (χ1v) is 8.08. The molecule has 1 aliphatic rings. The van der Waals surface area contributed by atoms with Crippen molar-refractivity contribution in [2.45, 2.75) is 0 Å². The number of anilines is 2. The molecule has 2 aromatic carbocycles. The lowest BCUT2D eigenvalue weighted by Crippen LogP contribution is -2.34. The fourth-order valence-electron chi connectivity index (χ4n) is 2.17. The summed E-state index contributed by atoms with van der Waals surface area (Å²) in [5.41, 5.74) is 1.99. The molecule has 0 aliphatic carbocycles. The first-order valence-electron chi connectivity index (χ1n) is 6.21. The number of amides is 1. The van der Waals surface area contributed by atoms with Crippen LogP contribution in [0.3, 0.4) is 0 Å². The van der Waals surface area contributed by atoms with E-state index in [0.29, 0.717) is 11.3 Å². The van der Waals surface area contributed by atoms with Crippen LogP contribution in [0.5, 0.6) is 0 Å². The normalized spacial score (nSPS) is 13.5. The van der Waals surface area contributed by atoms with E-state index in [0.717, 1.165) is 13.7 Å². The van der Waals surface area contributed by atoms with Crippen LogP contribution in [-0.2, 0) is 4.79 Å². The number of nitrogens with zero attached hydrogens (tertiary/aromatic N) is 1. The zero-order chi connectivity index (χ0) is 15.0. The van der Waals surface area contributed by atoms with Gasteiger partial charge in [0.1, 0.15) is 0 Å². The first-order chi connectivity index (χ1) is 10.1. The lowest BCUT2D eigenvalue weighted by molar-refractivity contribution is -0.114. The Bertz CT molecular complexity index is 731. The van der Waals surface area contributed by atoms with Crippen LogP contribution in [-0.4, -0.2) is 18.4 Å². The van der Waals surface area contributed by atoms with Gasteiger partial charge in [-0.15, -0.1) is 0 Å². The van der Waals surface area contributed by atoms with Crippen LogP contribution in [0.25, 0.3) is 0 Å². The molecule has 1 N–H and O–H groups in total. The molecule has 106 valence electrons. The summed E-state index contributed by atoms with van der Waals surface area (Å²) in [5, 5.41) is 3.16. The van der Waals surface area contributed by atoms with Crippen molar-refractivity contribution in [2.75, 3.05) is 16.9 Å². The van der Waals surface area contributed by atoms with Crippen LogP contribution >= 0.6 is 38.5 Å². The number of ketones is 1. The largest absolute Gasteiger partial charge is 0.367 e. The van der Waals surface area contributed by atoms with Crippen molar-refractivity contribution in [3.05, 3.63) is 56.1 Å². The second-order valence-corrected chi connectivity index (χ2v) is 6.73. The van der Waals surface area contributed by atoms with Crippen molar-refractivity contribution >= 4 is 61.6 Å². The van der Waals surface area contributed by atoms with E-state index in [4.69, 9.17) is 0 Å². The summed E-state index contributed by atoms with van der Waals surface area (Å²) in [6.07, 6.45) is 0. The molecule has 6 heteroatoms. The quantitative estimate of drug-likeness (QED) is 0.566. The Morgan fingerprint density at radius 3 is 2.52 bits per heavy atom. The van der Waals surface area contributed by atoms with Gasteiger partial charge in [0, 0.05) is 13.7 Å². The third-order valence-corrected chi connectivity index (χ3v) is 4.43. The van der Waals surface area contributed by atoms with Gasteiger partial charge in [0.15, 0.2) is 0 Å². The van der Waals surface area contributed by atoms with Crippen molar-refractivity contribution in [3.63, 3.8) is 0 Å². The fraction of sp³-hybridized carbons (Fsp3) is 0.0667. The second kappa shape index (κ2) is 5.76. The molecular formula is C15H10BrIN2O2. The maximum absolute atomic E-state index is 12.1. The third kappa shape index (κ3) is 2.82. The highest BCUT2D eigenvalue weighted by molar-refractivity contribution is 14.1. The van der Waals surface area contributed by atoms with E-state index in [1.54, 1.807) is 12.1 Å². The second-order valence-electron chi connectivity index (χ2n) is 4.57. The number of carbonyl (C=O) groups excluding carboxylic acids is 2. The molecule has 1 aliphatic heterocycles. The van der Waals surface area contributed by atoms with E-state index in [9.17, 15) is 9.59 Å².